The van der Waals surface area contributed by atoms with E-state index in [4.69, 9.17) is 35.9 Å². The number of fused-ring (bicyclic) bond motifs is 2. The molecule has 0 radical (unpaired) electrons. The van der Waals surface area contributed by atoms with Crippen LogP contribution in [-0.4, -0.2) is 86.4 Å². The van der Waals surface area contributed by atoms with Gasteiger partial charge in [-0.3, -0.25) is 23.4 Å². The number of benzene rings is 2. The van der Waals surface area contributed by atoms with Crippen LogP contribution in [-0.2, 0) is 31.3 Å². The summed E-state index contributed by atoms with van der Waals surface area (Å²) in [5.41, 5.74) is 7.68. The van der Waals surface area contributed by atoms with Crippen LogP contribution in [0.4, 0.5) is 5.95 Å². The van der Waals surface area contributed by atoms with E-state index in [9.17, 15) is 19.6 Å². The quantitative estimate of drug-likeness (QED) is 0.0493. The van der Waals surface area contributed by atoms with E-state index < -0.39 is 37.8 Å². The minimum Gasteiger partial charge on any atom is -0.490 e. The molecule has 5 aromatic rings. The Morgan fingerprint density at radius 3 is 2.76 bits per heavy atom. The number of para-hydroxylation sites is 1. The summed E-state index contributed by atoms with van der Waals surface area (Å²) in [6, 6.07) is 14.8. The summed E-state index contributed by atoms with van der Waals surface area (Å²) in [6.45, 7) is 0.490. The highest BCUT2D eigenvalue weighted by atomic mass is 35.5. The zero-order valence-electron chi connectivity index (χ0n) is 26.5. The number of thioether (sulfide) groups is 1. The molecule has 1 saturated heterocycles. The lowest BCUT2D eigenvalue weighted by Gasteiger charge is -2.22. The Labute approximate surface area is 290 Å². The summed E-state index contributed by atoms with van der Waals surface area (Å²) >= 11 is 7.48. The Morgan fingerprint density at radius 1 is 1.16 bits per heavy atom. The summed E-state index contributed by atoms with van der Waals surface area (Å²) in [6.07, 6.45) is 0.704. The summed E-state index contributed by atoms with van der Waals surface area (Å²) < 4.78 is 40.1. The number of anilines is 1. The van der Waals surface area contributed by atoms with E-state index in [1.807, 2.05) is 36.7 Å². The van der Waals surface area contributed by atoms with Crippen LogP contribution in [0, 0.1) is 0 Å². The Balaban J connectivity index is 1.15. The first-order valence-electron chi connectivity index (χ1n) is 15.5. The summed E-state index contributed by atoms with van der Waals surface area (Å²) in [4.78, 5) is 23.0. The van der Waals surface area contributed by atoms with Crippen LogP contribution in [0.25, 0.3) is 22.1 Å². The minimum absolute atomic E-state index is 0.121. The van der Waals surface area contributed by atoms with Gasteiger partial charge in [0.25, 0.3) is 11.5 Å². The van der Waals surface area contributed by atoms with E-state index in [0.717, 1.165) is 16.5 Å². The van der Waals surface area contributed by atoms with Crippen molar-refractivity contribution in [2.45, 2.75) is 37.5 Å². The number of aromatic nitrogens is 5. The molecule has 262 valence electrons. The monoisotopic (exact) mass is 734 g/mol. The highest BCUT2D eigenvalue weighted by Gasteiger charge is 2.48. The molecular weight excluding hydrogens is 697 g/mol. The maximum atomic E-state index is 13.8. The van der Waals surface area contributed by atoms with Gasteiger partial charge in [-0.05, 0) is 48.6 Å². The number of nitrogens with two attached hydrogens (primary N) is 1. The van der Waals surface area contributed by atoms with Crippen molar-refractivity contribution in [3.8, 4) is 5.75 Å². The van der Waals surface area contributed by atoms with E-state index in [1.54, 1.807) is 28.8 Å². The molecule has 5 atom stereocenters. The van der Waals surface area contributed by atoms with Crippen molar-refractivity contribution in [3.05, 3.63) is 82.0 Å². The Morgan fingerprint density at radius 2 is 1.96 bits per heavy atom. The molecule has 6 rings (SSSR count). The Bertz CT molecular complexity index is 1990. The molecule has 3 aromatic heterocycles. The maximum absolute atomic E-state index is 13.8. The predicted octanol–water partition coefficient (Wildman–Crippen LogP) is 2.76. The van der Waals surface area contributed by atoms with Gasteiger partial charge in [-0.2, -0.15) is 11.8 Å². The van der Waals surface area contributed by atoms with Gasteiger partial charge in [0.15, 0.2) is 6.33 Å². The molecule has 15 nitrogen and oxygen atoms in total. The number of nitrogens with zero attached hydrogens (tertiary/aromatic N) is 3. The molecular formula is C31H38ClN7O8PS+. The van der Waals surface area contributed by atoms with Crippen molar-refractivity contribution in [1.29, 1.82) is 0 Å². The molecule has 4 heterocycles. The van der Waals surface area contributed by atoms with Crippen LogP contribution in [0.2, 0.25) is 5.02 Å². The lowest BCUT2D eigenvalue weighted by atomic mass is 10.1. The smallest absolute Gasteiger partial charge is 0.405 e. The van der Waals surface area contributed by atoms with Gasteiger partial charge in [-0.25, -0.2) is 14.2 Å². The van der Waals surface area contributed by atoms with Gasteiger partial charge >= 0.3 is 13.4 Å². The van der Waals surface area contributed by atoms with Gasteiger partial charge in [-0.1, -0.05) is 34.8 Å². The van der Waals surface area contributed by atoms with E-state index in [2.05, 4.69) is 20.0 Å². The fraction of sp³-hybridized carbons (Fsp3) is 0.387. The standard InChI is InChI=1S/C31H37ClN7O8PS/c1-49-15-14-45-48(43,35-11-10-19-16-34-23-5-3-2-4-22(19)23)46-17-24-26(40)27(41)30(47-24)39-18-38(25-28(39)36-31(33)37-29(25)42)12-13-44-21-8-6-20(32)7-9-21/h2-9,16,18,24,26-27,30,34,40-41H,10-15,17H2,1H3,(H3-,33,35,36,37,42,43)/p+1/t24-,26?,27+,30-,48?/m1/s1. The van der Waals surface area contributed by atoms with Gasteiger partial charge in [0, 0.05) is 34.4 Å². The van der Waals surface area contributed by atoms with E-state index in [-0.39, 0.29) is 50.0 Å². The van der Waals surface area contributed by atoms with Crippen LogP contribution in [0.5, 0.6) is 5.75 Å². The van der Waals surface area contributed by atoms with Crippen molar-refractivity contribution >= 4 is 59.1 Å². The molecule has 1 aliphatic rings. The zero-order valence-corrected chi connectivity index (χ0v) is 29.0. The van der Waals surface area contributed by atoms with Crippen LogP contribution in [0.3, 0.4) is 0 Å². The average molecular weight is 735 g/mol. The summed E-state index contributed by atoms with van der Waals surface area (Å²) in [5, 5.41) is 26.7. The summed E-state index contributed by atoms with van der Waals surface area (Å²) in [5.74, 6) is 1.03. The third kappa shape index (κ3) is 8.14. The topological polar surface area (TPSA) is 203 Å². The fourth-order valence-electron chi connectivity index (χ4n) is 5.63. The highest BCUT2D eigenvalue weighted by Crippen LogP contribution is 2.44. The number of hydrogen-bond acceptors (Lipinski definition) is 11. The van der Waals surface area contributed by atoms with Crippen LogP contribution < -0.4 is 25.7 Å². The number of rotatable bonds is 16. The Hall–Kier alpha value is -3.44. The second-order valence-electron chi connectivity index (χ2n) is 11.3. The molecule has 7 N–H and O–H groups in total. The molecule has 18 heteroatoms. The fourth-order valence-corrected chi connectivity index (χ4v) is 7.44. The molecule has 0 aliphatic carbocycles. The van der Waals surface area contributed by atoms with Crippen molar-refractivity contribution in [1.82, 2.24) is 24.6 Å². The second-order valence-corrected chi connectivity index (χ2v) is 14.6. The molecule has 0 amide bonds. The van der Waals surface area contributed by atoms with Crippen LogP contribution in [0.15, 0.2) is 65.8 Å². The molecule has 0 spiro atoms. The number of nitrogens with one attached hydrogen (secondary N) is 3. The van der Waals surface area contributed by atoms with Crippen molar-refractivity contribution in [2.24, 2.45) is 0 Å². The lowest BCUT2D eigenvalue weighted by Crippen LogP contribution is -2.46. The third-order valence-electron chi connectivity index (χ3n) is 8.05. The molecule has 1 fully saturated rings. The second kappa shape index (κ2) is 15.6. The number of aliphatic hydroxyl groups is 2. The Kier molecular flexibility index (Phi) is 11.3. The number of hydrogen-bond donors (Lipinski definition) is 6. The van der Waals surface area contributed by atoms with Crippen molar-refractivity contribution < 1.29 is 37.9 Å². The van der Waals surface area contributed by atoms with Crippen molar-refractivity contribution in [2.75, 3.05) is 44.1 Å². The number of nitrogen functional groups attached to an aromatic ring is 1. The molecule has 49 heavy (non-hydrogen) atoms. The minimum atomic E-state index is -3.86. The van der Waals surface area contributed by atoms with Gasteiger partial charge in [0.2, 0.25) is 11.7 Å². The first-order chi connectivity index (χ1) is 23.7. The molecule has 0 saturated carbocycles. The van der Waals surface area contributed by atoms with Gasteiger partial charge in [0.1, 0.15) is 37.2 Å². The number of imidazole rings is 1. The molecule has 1 aliphatic heterocycles. The molecule has 2 aromatic carbocycles. The van der Waals surface area contributed by atoms with Crippen LogP contribution in [0.1, 0.15) is 11.8 Å². The SMILES string of the molecule is CSCCOP(=O)(NCCc1c[nH]c2ccccc12)OC[C@H]1O[C@@H]([n+]2cn(CCOc3ccc(Cl)cc3)c3c(=O)[nH]c(N)nc32)[C@@H](O)C1O. The van der Waals surface area contributed by atoms with E-state index >= 15 is 0 Å². The number of ether oxygens (including phenoxy) is 2. The average Bonchev–Trinajstić information content (AvgIpc) is 3.75. The first kappa shape index (κ1) is 35.4. The normalized spacial score (nSPS) is 20.7. The zero-order chi connectivity index (χ0) is 34.5. The van der Waals surface area contributed by atoms with E-state index in [1.165, 1.54) is 22.7 Å². The maximum Gasteiger partial charge on any atom is 0.405 e. The van der Waals surface area contributed by atoms with E-state index in [0.29, 0.717) is 22.9 Å². The summed E-state index contributed by atoms with van der Waals surface area (Å²) in [7, 11) is -3.86. The molecule has 2 unspecified atom stereocenters. The highest BCUT2D eigenvalue weighted by molar-refractivity contribution is 7.98. The first-order valence-corrected chi connectivity index (χ1v) is 18.8. The van der Waals surface area contributed by atoms with Gasteiger partial charge in [-0.15, -0.1) is 0 Å². The lowest BCUT2D eigenvalue weighted by molar-refractivity contribution is -0.746. The van der Waals surface area contributed by atoms with Gasteiger partial charge < -0.3 is 30.4 Å². The number of halogens is 1. The number of H-pyrrole nitrogens is 2. The van der Waals surface area contributed by atoms with Gasteiger partial charge in [0.05, 0.1) is 13.2 Å². The number of aliphatic hydroxyl groups excluding tert-OH is 2. The third-order valence-corrected chi connectivity index (χ3v) is 10.5. The molecule has 0 bridgehead atoms. The largest absolute Gasteiger partial charge is 0.490 e. The van der Waals surface area contributed by atoms with Crippen LogP contribution >= 0.6 is 31.1 Å². The predicted molar refractivity (Wildman–Crippen MR) is 186 cm³/mol. The van der Waals surface area contributed by atoms with Crippen molar-refractivity contribution in [3.63, 3.8) is 0 Å². The number of aromatic amines is 2.